The van der Waals surface area contributed by atoms with E-state index in [9.17, 15) is 0 Å². The van der Waals surface area contributed by atoms with Crippen molar-refractivity contribution in [3.8, 4) is 5.75 Å². The summed E-state index contributed by atoms with van der Waals surface area (Å²) in [4.78, 5) is 4.38. The third kappa shape index (κ3) is 4.04. The maximum Gasteiger partial charge on any atom is 0.118 e. The van der Waals surface area contributed by atoms with Crippen LogP contribution in [-0.4, -0.2) is 12.1 Å². The number of halogens is 2. The molecule has 0 aliphatic carbocycles. The lowest BCUT2D eigenvalue weighted by Gasteiger charge is -2.13. The zero-order chi connectivity index (χ0) is 14.5. The van der Waals surface area contributed by atoms with Gasteiger partial charge >= 0.3 is 0 Å². The van der Waals surface area contributed by atoms with Gasteiger partial charge in [-0.25, -0.2) is 0 Å². The van der Waals surface area contributed by atoms with Crippen molar-refractivity contribution in [1.82, 2.24) is 4.98 Å². The van der Waals surface area contributed by atoms with E-state index < -0.39 is 0 Å². The maximum atomic E-state index is 6.22. The number of pyridine rings is 1. The van der Waals surface area contributed by atoms with E-state index in [2.05, 4.69) is 49.0 Å². The maximum absolute atomic E-state index is 6.22. The highest BCUT2D eigenvalue weighted by Gasteiger charge is 2.12. The van der Waals surface area contributed by atoms with Crippen molar-refractivity contribution in [2.75, 3.05) is 7.11 Å². The van der Waals surface area contributed by atoms with E-state index in [1.807, 2.05) is 18.2 Å². The summed E-state index contributed by atoms with van der Waals surface area (Å²) < 4.78 is 7.02. The van der Waals surface area contributed by atoms with Crippen molar-refractivity contribution in [3.63, 3.8) is 0 Å². The van der Waals surface area contributed by atoms with E-state index >= 15 is 0 Å². The van der Waals surface area contributed by atoms with Crippen molar-refractivity contribution in [2.45, 2.75) is 18.9 Å². The molecule has 0 amide bonds. The molecule has 2 aromatic rings. The molecule has 106 valence electrons. The summed E-state index contributed by atoms with van der Waals surface area (Å²) in [5.41, 5.74) is 8.35. The van der Waals surface area contributed by atoms with Gasteiger partial charge in [0.1, 0.15) is 5.75 Å². The number of benzene rings is 1. The van der Waals surface area contributed by atoms with Gasteiger partial charge in [-0.3, -0.25) is 4.98 Å². The average Bonchev–Trinajstić information content (AvgIpc) is 2.45. The second-order valence-electron chi connectivity index (χ2n) is 4.51. The highest BCUT2D eigenvalue weighted by Crippen LogP contribution is 2.26. The summed E-state index contributed by atoms with van der Waals surface area (Å²) in [6, 6.07) is 9.95. The van der Waals surface area contributed by atoms with Crippen LogP contribution in [0, 0.1) is 0 Å². The van der Waals surface area contributed by atoms with Gasteiger partial charge in [0.05, 0.1) is 12.8 Å². The standard InChI is InChI=1S/C15H16Br2N2O/c1-20-12-5-2-10(3-6-12)4-7-14(18)15-13(17)8-11(16)9-19-15/h2-3,5-6,8-9,14H,4,7,18H2,1H3. The van der Waals surface area contributed by atoms with Crippen molar-refractivity contribution >= 4 is 31.9 Å². The molecule has 0 bridgehead atoms. The highest BCUT2D eigenvalue weighted by molar-refractivity contribution is 9.11. The molecule has 0 spiro atoms. The summed E-state index contributed by atoms with van der Waals surface area (Å²) in [6.45, 7) is 0. The molecule has 1 aromatic carbocycles. The highest BCUT2D eigenvalue weighted by atomic mass is 79.9. The fraction of sp³-hybridized carbons (Fsp3) is 0.267. The number of methoxy groups -OCH3 is 1. The number of aromatic nitrogens is 1. The fourth-order valence-corrected chi connectivity index (χ4v) is 3.23. The Kier molecular flexibility index (Phi) is 5.57. The van der Waals surface area contributed by atoms with Gasteiger partial charge < -0.3 is 10.5 Å². The van der Waals surface area contributed by atoms with Crippen molar-refractivity contribution < 1.29 is 4.74 Å². The van der Waals surface area contributed by atoms with Crippen molar-refractivity contribution in [1.29, 1.82) is 0 Å². The number of ether oxygens (including phenoxy) is 1. The molecular formula is C15H16Br2N2O. The summed E-state index contributed by atoms with van der Waals surface area (Å²) in [7, 11) is 1.67. The number of nitrogens with two attached hydrogens (primary N) is 1. The van der Waals surface area contributed by atoms with Crippen LogP contribution in [0.1, 0.15) is 23.7 Å². The van der Waals surface area contributed by atoms with E-state index in [0.717, 1.165) is 33.2 Å². The number of nitrogens with zero attached hydrogens (tertiary/aromatic N) is 1. The lowest BCUT2D eigenvalue weighted by molar-refractivity contribution is 0.414. The molecule has 1 heterocycles. The van der Waals surface area contributed by atoms with E-state index in [1.54, 1.807) is 13.3 Å². The molecule has 2 rings (SSSR count). The summed E-state index contributed by atoms with van der Waals surface area (Å²) in [6.07, 6.45) is 3.53. The molecule has 1 atom stereocenters. The van der Waals surface area contributed by atoms with Gasteiger partial charge in [0.25, 0.3) is 0 Å². The molecule has 3 nitrogen and oxygen atoms in total. The van der Waals surface area contributed by atoms with Crippen LogP contribution >= 0.6 is 31.9 Å². The normalized spacial score (nSPS) is 12.2. The van der Waals surface area contributed by atoms with Gasteiger partial charge in [-0.2, -0.15) is 0 Å². The summed E-state index contributed by atoms with van der Waals surface area (Å²) in [5, 5.41) is 0. The summed E-state index contributed by atoms with van der Waals surface area (Å²) >= 11 is 6.89. The smallest absolute Gasteiger partial charge is 0.118 e. The zero-order valence-corrected chi connectivity index (χ0v) is 14.3. The first kappa shape index (κ1) is 15.5. The SMILES string of the molecule is COc1ccc(CCC(N)c2ncc(Br)cc2Br)cc1. The minimum Gasteiger partial charge on any atom is -0.497 e. The number of rotatable bonds is 5. The molecule has 2 N–H and O–H groups in total. The summed E-state index contributed by atoms with van der Waals surface area (Å²) in [5.74, 6) is 0.871. The Morgan fingerprint density at radius 1 is 1.25 bits per heavy atom. The molecule has 1 aromatic heterocycles. The molecule has 0 saturated carbocycles. The Morgan fingerprint density at radius 3 is 2.55 bits per heavy atom. The fourth-order valence-electron chi connectivity index (χ4n) is 1.95. The molecule has 5 heteroatoms. The molecule has 0 aliphatic rings. The number of hydrogen-bond donors (Lipinski definition) is 1. The van der Waals surface area contributed by atoms with E-state index in [-0.39, 0.29) is 6.04 Å². The molecule has 0 aliphatic heterocycles. The van der Waals surface area contributed by atoms with Gasteiger partial charge in [-0.05, 0) is 68.5 Å². The first-order chi connectivity index (χ1) is 9.60. The Bertz CT molecular complexity index is 573. The Hall–Kier alpha value is -0.910. The lowest BCUT2D eigenvalue weighted by atomic mass is 10.0. The van der Waals surface area contributed by atoms with Crippen LogP contribution in [0.15, 0.2) is 45.5 Å². The molecule has 0 radical (unpaired) electrons. The minimum atomic E-state index is -0.0837. The third-order valence-corrected chi connectivity index (χ3v) is 4.16. The zero-order valence-electron chi connectivity index (χ0n) is 11.1. The van der Waals surface area contributed by atoms with Crippen LogP contribution in [-0.2, 0) is 6.42 Å². The Labute approximate surface area is 135 Å². The second-order valence-corrected chi connectivity index (χ2v) is 6.28. The number of hydrogen-bond acceptors (Lipinski definition) is 3. The van der Waals surface area contributed by atoms with E-state index in [1.165, 1.54) is 5.56 Å². The first-order valence-corrected chi connectivity index (χ1v) is 7.88. The van der Waals surface area contributed by atoms with Crippen LogP contribution in [0.5, 0.6) is 5.75 Å². The monoisotopic (exact) mass is 398 g/mol. The van der Waals surface area contributed by atoms with Crippen molar-refractivity contribution in [3.05, 3.63) is 56.7 Å². The van der Waals surface area contributed by atoms with Crippen molar-refractivity contribution in [2.24, 2.45) is 5.73 Å². The molecule has 1 unspecified atom stereocenters. The first-order valence-electron chi connectivity index (χ1n) is 6.29. The Balaban J connectivity index is 1.98. The molecular weight excluding hydrogens is 384 g/mol. The van der Waals surface area contributed by atoms with Gasteiger partial charge in [0.15, 0.2) is 0 Å². The largest absolute Gasteiger partial charge is 0.497 e. The van der Waals surface area contributed by atoms with Crippen LogP contribution in [0.4, 0.5) is 0 Å². The van der Waals surface area contributed by atoms with Gasteiger partial charge in [0, 0.05) is 21.2 Å². The van der Waals surface area contributed by atoms with E-state index in [4.69, 9.17) is 10.5 Å². The average molecular weight is 400 g/mol. The topological polar surface area (TPSA) is 48.1 Å². The van der Waals surface area contributed by atoms with Crippen LogP contribution in [0.3, 0.4) is 0 Å². The Morgan fingerprint density at radius 2 is 1.95 bits per heavy atom. The number of aryl methyl sites for hydroxylation is 1. The molecule has 0 fully saturated rings. The quantitative estimate of drug-likeness (QED) is 0.817. The third-order valence-electron chi connectivity index (χ3n) is 3.09. The van der Waals surface area contributed by atoms with Crippen LogP contribution in [0.25, 0.3) is 0 Å². The molecule has 20 heavy (non-hydrogen) atoms. The lowest BCUT2D eigenvalue weighted by Crippen LogP contribution is -2.13. The minimum absolute atomic E-state index is 0.0837. The van der Waals surface area contributed by atoms with Gasteiger partial charge in [0.2, 0.25) is 0 Å². The molecule has 0 saturated heterocycles. The van der Waals surface area contributed by atoms with Crippen LogP contribution in [0.2, 0.25) is 0 Å². The van der Waals surface area contributed by atoms with E-state index in [0.29, 0.717) is 0 Å². The second kappa shape index (κ2) is 7.20. The predicted octanol–water partition coefficient (Wildman–Crippen LogP) is 4.25. The van der Waals surface area contributed by atoms with Gasteiger partial charge in [-0.1, -0.05) is 12.1 Å². The van der Waals surface area contributed by atoms with Crippen LogP contribution < -0.4 is 10.5 Å². The van der Waals surface area contributed by atoms with Gasteiger partial charge in [-0.15, -0.1) is 0 Å². The predicted molar refractivity (Wildman–Crippen MR) is 87.9 cm³/mol.